The van der Waals surface area contributed by atoms with Crippen molar-refractivity contribution in [2.75, 3.05) is 4.90 Å². The number of anilines is 2. The molecule has 0 fully saturated rings. The molecule has 0 spiro atoms. The number of hydrogen-bond donors (Lipinski definition) is 1. The van der Waals surface area contributed by atoms with Crippen LogP contribution in [0.3, 0.4) is 0 Å². The number of hydrogen-bond acceptors (Lipinski definition) is 4. The summed E-state index contributed by atoms with van der Waals surface area (Å²) in [6.07, 6.45) is 1.81. The number of urea groups is 1. The highest BCUT2D eigenvalue weighted by Crippen LogP contribution is 2.38. The van der Waals surface area contributed by atoms with Crippen LogP contribution in [-0.2, 0) is 0 Å². The molecule has 108 valence electrons. The Bertz CT molecular complexity index is 758. The van der Waals surface area contributed by atoms with E-state index in [0.29, 0.717) is 11.0 Å². The summed E-state index contributed by atoms with van der Waals surface area (Å²) in [5, 5.41) is 2.52. The van der Waals surface area contributed by atoms with E-state index in [0.717, 1.165) is 20.0 Å². The number of amides is 2. The van der Waals surface area contributed by atoms with Crippen molar-refractivity contribution >= 4 is 48.9 Å². The van der Waals surface area contributed by atoms with Gasteiger partial charge in [0.2, 0.25) is 0 Å². The van der Waals surface area contributed by atoms with Crippen LogP contribution in [0.4, 0.5) is 14.9 Å². The lowest BCUT2D eigenvalue weighted by Crippen LogP contribution is -2.30. The first kappa shape index (κ1) is 14.0. The minimum Gasteiger partial charge on any atom is -0.351 e. The highest BCUT2D eigenvalue weighted by atomic mass is 32.1. The number of carbonyl (C=O) groups is 1. The minimum atomic E-state index is -0.508. The molecule has 2 aromatic heterocycles. The van der Waals surface area contributed by atoms with Crippen molar-refractivity contribution in [3.63, 3.8) is 0 Å². The Morgan fingerprint density at radius 2 is 2.05 bits per heavy atom. The maximum Gasteiger partial charge on any atom is 0.326 e. The lowest BCUT2D eigenvalue weighted by atomic mass is 10.2. The van der Waals surface area contributed by atoms with Crippen molar-refractivity contribution in [1.29, 1.82) is 0 Å². The van der Waals surface area contributed by atoms with Gasteiger partial charge in [-0.25, -0.2) is 14.7 Å². The van der Waals surface area contributed by atoms with Crippen LogP contribution in [-0.4, -0.2) is 11.0 Å². The molecule has 0 atom stereocenters. The molecule has 0 unspecified atom stereocenters. The number of thiazole rings is 1. The number of primary amides is 1. The molecule has 21 heavy (non-hydrogen) atoms. The van der Waals surface area contributed by atoms with Gasteiger partial charge in [-0.05, 0) is 23.4 Å². The molecule has 6 heteroatoms. The second-order valence-electron chi connectivity index (χ2n) is 5.00. The van der Waals surface area contributed by atoms with Crippen LogP contribution in [0.1, 0.15) is 24.6 Å². The smallest absolute Gasteiger partial charge is 0.326 e. The molecular weight excluding hydrogens is 302 g/mol. The van der Waals surface area contributed by atoms with Crippen molar-refractivity contribution < 1.29 is 4.79 Å². The second-order valence-corrected chi connectivity index (χ2v) is 7.10. The van der Waals surface area contributed by atoms with Crippen LogP contribution < -0.4 is 10.6 Å². The van der Waals surface area contributed by atoms with E-state index in [1.165, 1.54) is 27.6 Å². The number of nitrogens with zero attached hydrogens (tertiary/aromatic N) is 2. The van der Waals surface area contributed by atoms with Gasteiger partial charge in [-0.15, -0.1) is 22.7 Å². The van der Waals surface area contributed by atoms with Crippen LogP contribution >= 0.6 is 22.7 Å². The van der Waals surface area contributed by atoms with Crippen LogP contribution in [0.15, 0.2) is 36.5 Å². The molecule has 0 radical (unpaired) electrons. The van der Waals surface area contributed by atoms with Gasteiger partial charge >= 0.3 is 6.03 Å². The third kappa shape index (κ3) is 2.64. The molecule has 3 rings (SSSR count). The first-order chi connectivity index (χ1) is 10.1. The van der Waals surface area contributed by atoms with E-state index in [4.69, 9.17) is 5.73 Å². The fourth-order valence-electron chi connectivity index (χ4n) is 2.02. The van der Waals surface area contributed by atoms with E-state index < -0.39 is 6.03 Å². The van der Waals surface area contributed by atoms with E-state index in [1.807, 2.05) is 36.5 Å². The molecule has 4 nitrogen and oxygen atoms in total. The van der Waals surface area contributed by atoms with E-state index in [-0.39, 0.29) is 0 Å². The summed E-state index contributed by atoms with van der Waals surface area (Å²) < 4.78 is 1.12. The van der Waals surface area contributed by atoms with Gasteiger partial charge in [-0.3, -0.25) is 0 Å². The highest BCUT2D eigenvalue weighted by Gasteiger charge is 2.21. The van der Waals surface area contributed by atoms with Crippen LogP contribution in [0.25, 0.3) is 10.1 Å². The van der Waals surface area contributed by atoms with E-state index in [2.05, 4.69) is 18.8 Å². The number of thiophene rings is 1. The number of fused-ring (bicyclic) bond motifs is 1. The van der Waals surface area contributed by atoms with Gasteiger partial charge in [0.25, 0.3) is 0 Å². The Hall–Kier alpha value is -1.92. The molecule has 2 amide bonds. The average Bonchev–Trinajstić information content (AvgIpc) is 3.04. The van der Waals surface area contributed by atoms with Gasteiger partial charge in [-0.2, -0.15) is 0 Å². The van der Waals surface area contributed by atoms with Crippen LogP contribution in [0.2, 0.25) is 0 Å². The zero-order valence-corrected chi connectivity index (χ0v) is 13.4. The van der Waals surface area contributed by atoms with Crippen LogP contribution in [0.5, 0.6) is 0 Å². The quantitative estimate of drug-likeness (QED) is 0.761. The van der Waals surface area contributed by atoms with Gasteiger partial charge < -0.3 is 5.73 Å². The monoisotopic (exact) mass is 317 g/mol. The number of aromatic nitrogens is 1. The Kier molecular flexibility index (Phi) is 3.65. The zero-order valence-electron chi connectivity index (χ0n) is 11.7. The third-order valence-electron chi connectivity index (χ3n) is 3.12. The Morgan fingerprint density at radius 1 is 1.29 bits per heavy atom. The number of carbonyl (C=O) groups excluding carboxylic acids is 1. The lowest BCUT2D eigenvalue weighted by molar-refractivity contribution is 0.256. The predicted molar refractivity (Wildman–Crippen MR) is 89.8 cm³/mol. The fourth-order valence-corrected chi connectivity index (χ4v) is 4.09. The van der Waals surface area contributed by atoms with Crippen LogP contribution in [0, 0.1) is 0 Å². The molecule has 0 aliphatic heterocycles. The molecule has 3 aromatic rings. The Labute approximate surface area is 130 Å². The van der Waals surface area contributed by atoms with Crippen molar-refractivity contribution in [1.82, 2.24) is 4.98 Å². The molecule has 0 saturated heterocycles. The zero-order chi connectivity index (χ0) is 15.0. The molecule has 2 heterocycles. The SMILES string of the molecule is CC(C)c1cnc(N(C(N)=O)c2cc3ccccc3s2)s1. The number of rotatable bonds is 3. The maximum atomic E-state index is 11.9. The van der Waals surface area contributed by atoms with Crippen molar-refractivity contribution in [2.45, 2.75) is 19.8 Å². The molecule has 1 aromatic carbocycles. The lowest BCUT2D eigenvalue weighted by Gasteiger charge is -2.14. The Morgan fingerprint density at radius 3 is 2.67 bits per heavy atom. The maximum absolute atomic E-state index is 11.9. The average molecular weight is 317 g/mol. The summed E-state index contributed by atoms with van der Waals surface area (Å²) >= 11 is 3.04. The molecule has 0 aliphatic rings. The fraction of sp³-hybridized carbons (Fsp3) is 0.200. The van der Waals surface area contributed by atoms with E-state index in [9.17, 15) is 4.79 Å². The standard InChI is InChI=1S/C15H15N3OS2/c1-9(2)12-8-17-15(21-12)18(14(16)19)13-7-10-5-3-4-6-11(10)20-13/h3-9H,1-2H3,(H2,16,19). The van der Waals surface area contributed by atoms with Gasteiger partial charge in [0.15, 0.2) is 5.13 Å². The van der Waals surface area contributed by atoms with E-state index >= 15 is 0 Å². The normalized spacial score (nSPS) is 11.2. The summed E-state index contributed by atoms with van der Waals surface area (Å²) in [6, 6.07) is 9.48. The van der Waals surface area contributed by atoms with Crippen molar-refractivity contribution in [3.8, 4) is 0 Å². The summed E-state index contributed by atoms with van der Waals surface area (Å²) in [7, 11) is 0. The molecule has 2 N–H and O–H groups in total. The second kappa shape index (κ2) is 5.46. The highest BCUT2D eigenvalue weighted by molar-refractivity contribution is 7.23. The molecule has 0 saturated carbocycles. The summed E-state index contributed by atoms with van der Waals surface area (Å²) in [5.74, 6) is 0.383. The van der Waals surface area contributed by atoms with Crippen molar-refractivity contribution in [3.05, 3.63) is 41.4 Å². The van der Waals surface area contributed by atoms with Gasteiger partial charge in [0, 0.05) is 15.8 Å². The summed E-state index contributed by atoms with van der Waals surface area (Å²) in [6.45, 7) is 4.21. The van der Waals surface area contributed by atoms with E-state index in [1.54, 1.807) is 0 Å². The minimum absolute atomic E-state index is 0.383. The molecule has 0 aliphatic carbocycles. The molecular formula is C15H15N3OS2. The van der Waals surface area contributed by atoms with Crippen molar-refractivity contribution in [2.24, 2.45) is 5.73 Å². The summed E-state index contributed by atoms with van der Waals surface area (Å²) in [4.78, 5) is 18.9. The summed E-state index contributed by atoms with van der Waals surface area (Å²) in [5.41, 5.74) is 5.57. The Balaban J connectivity index is 2.06. The molecule has 0 bridgehead atoms. The first-order valence-electron chi connectivity index (χ1n) is 6.60. The number of nitrogens with two attached hydrogens (primary N) is 1. The predicted octanol–water partition coefficient (Wildman–Crippen LogP) is 4.70. The number of benzene rings is 1. The first-order valence-corrected chi connectivity index (χ1v) is 8.23. The van der Waals surface area contributed by atoms with Gasteiger partial charge in [0.1, 0.15) is 5.00 Å². The largest absolute Gasteiger partial charge is 0.351 e. The third-order valence-corrected chi connectivity index (χ3v) is 5.51. The van der Waals surface area contributed by atoms with Gasteiger partial charge in [0.05, 0.1) is 0 Å². The van der Waals surface area contributed by atoms with Gasteiger partial charge in [-0.1, -0.05) is 32.0 Å². The topological polar surface area (TPSA) is 59.2 Å².